The summed E-state index contributed by atoms with van der Waals surface area (Å²) in [6, 6.07) is 0. The van der Waals surface area contributed by atoms with Crippen LogP contribution in [-0.4, -0.2) is 78.4 Å². The topological polar surface area (TPSA) is 180 Å². The lowest BCUT2D eigenvalue weighted by Gasteiger charge is -2.62. The van der Waals surface area contributed by atoms with Crippen molar-refractivity contribution in [3.8, 4) is 0 Å². The summed E-state index contributed by atoms with van der Waals surface area (Å²) in [5.74, 6) is 0.931. The number of carboxylic acid groups (broad SMARTS) is 2. The van der Waals surface area contributed by atoms with Crippen LogP contribution >= 0.6 is 0 Å². The van der Waals surface area contributed by atoms with Crippen LogP contribution in [0.4, 0.5) is 0 Å². The molecule has 0 aromatic rings. The monoisotopic (exact) mass is 809 g/mol. The van der Waals surface area contributed by atoms with E-state index in [1.54, 1.807) is 0 Å². The number of carbonyl (C=O) groups is 2. The van der Waals surface area contributed by atoms with E-state index in [0.29, 0.717) is 19.3 Å². The van der Waals surface area contributed by atoms with Gasteiger partial charge in [-0.2, -0.15) is 10.2 Å². The molecule has 10 heteroatoms. The molecule has 0 bridgehead atoms. The fraction of sp³-hybridized carbons (Fsp3) is 0.917. The Hall–Kier alpha value is -1.88. The number of rotatable bonds is 9. The highest BCUT2D eigenvalue weighted by Gasteiger charge is 2.67. The van der Waals surface area contributed by atoms with Gasteiger partial charge in [-0.3, -0.25) is 9.59 Å². The van der Waals surface area contributed by atoms with Gasteiger partial charge in [-0.05, 0) is 179 Å². The molecule has 0 aromatic carbocycles. The van der Waals surface area contributed by atoms with Crippen LogP contribution in [-0.2, 0) is 9.59 Å². The zero-order chi connectivity index (χ0) is 41.7. The maximum Gasteiger partial charge on any atom is 0.303 e. The van der Waals surface area contributed by atoms with Crippen molar-refractivity contribution in [3.63, 3.8) is 0 Å². The van der Waals surface area contributed by atoms with E-state index < -0.39 is 24.1 Å². The van der Waals surface area contributed by atoms with Gasteiger partial charge in [0.25, 0.3) is 0 Å². The molecule has 326 valence electrons. The normalized spacial score (nSPS) is 52.1. The second-order valence-electron chi connectivity index (χ2n) is 22.7. The van der Waals surface area contributed by atoms with E-state index in [-0.39, 0.29) is 118 Å². The molecule has 8 fully saturated rings. The molecule has 8 aliphatic rings. The lowest BCUT2D eigenvalue weighted by atomic mass is 9.43. The van der Waals surface area contributed by atoms with Gasteiger partial charge in [0, 0.05) is 41.0 Å². The van der Waals surface area contributed by atoms with Crippen molar-refractivity contribution in [2.45, 2.75) is 182 Å². The van der Waals surface area contributed by atoms with Crippen molar-refractivity contribution in [3.05, 3.63) is 0 Å². The molecule has 0 aliphatic heterocycles. The molecule has 10 nitrogen and oxygen atoms in total. The number of nitrogens with zero attached hydrogens (tertiary/aromatic N) is 2. The summed E-state index contributed by atoms with van der Waals surface area (Å²) in [6.45, 7) is 13.9. The van der Waals surface area contributed by atoms with Crippen LogP contribution < -0.4 is 0 Å². The minimum absolute atomic E-state index is 0.0150. The maximum atomic E-state index is 12.3. The molecule has 0 heterocycles. The largest absolute Gasteiger partial charge is 0.481 e. The first-order valence-corrected chi connectivity index (χ1v) is 23.6. The van der Waals surface area contributed by atoms with Crippen molar-refractivity contribution in [1.29, 1.82) is 0 Å². The Labute approximate surface area is 347 Å². The first-order chi connectivity index (χ1) is 27.3. The summed E-state index contributed by atoms with van der Waals surface area (Å²) >= 11 is 0. The van der Waals surface area contributed by atoms with E-state index in [1.165, 1.54) is 0 Å². The Bertz CT molecular complexity index is 1650. The average molecular weight is 809 g/mol. The molecule has 0 radical (unpaired) electrons. The van der Waals surface area contributed by atoms with Crippen LogP contribution in [0.25, 0.3) is 0 Å². The SMILES string of the molecule is C[C@H](CCC(=O)O)[C@H]1CC[C@H]2[C@@H]3[C@H](O)C[C@@H]4C[C@H](O)CC[C@]4(C)[C@H]3C/C(=N\N=C3/C[C@@H]4C[C@H](O)CC[C@]4(C)[C@H]4C[C@H](O)[C@]5(C)[C@@H]([C@H](C)CCC(=O)O)CC[C@H]5[C@H]34)[C@]12C. The number of aliphatic hydroxyl groups is 4. The van der Waals surface area contributed by atoms with Crippen molar-refractivity contribution in [2.75, 3.05) is 0 Å². The third-order valence-electron chi connectivity index (χ3n) is 20.6. The van der Waals surface area contributed by atoms with Gasteiger partial charge in [0.1, 0.15) is 0 Å². The van der Waals surface area contributed by atoms with Gasteiger partial charge in [0.2, 0.25) is 0 Å². The Morgan fingerprint density at radius 2 is 1.22 bits per heavy atom. The van der Waals surface area contributed by atoms with Gasteiger partial charge in [-0.1, -0.05) is 41.5 Å². The predicted octanol–water partition coefficient (Wildman–Crippen LogP) is 7.99. The van der Waals surface area contributed by atoms with E-state index in [0.717, 1.165) is 94.9 Å². The highest BCUT2D eigenvalue weighted by molar-refractivity contribution is 5.94. The zero-order valence-corrected chi connectivity index (χ0v) is 36.4. The maximum absolute atomic E-state index is 12.3. The first-order valence-electron chi connectivity index (χ1n) is 23.6. The molecule has 0 amide bonds. The molecule has 8 aliphatic carbocycles. The van der Waals surface area contributed by atoms with Gasteiger partial charge >= 0.3 is 11.9 Å². The number of carboxylic acids is 2. The predicted molar refractivity (Wildman–Crippen MR) is 223 cm³/mol. The van der Waals surface area contributed by atoms with E-state index >= 15 is 0 Å². The van der Waals surface area contributed by atoms with E-state index in [4.69, 9.17) is 10.2 Å². The Morgan fingerprint density at radius 1 is 0.655 bits per heavy atom. The van der Waals surface area contributed by atoms with Gasteiger partial charge in [-0.25, -0.2) is 0 Å². The first kappa shape index (κ1) is 42.8. The Kier molecular flexibility index (Phi) is 11.4. The van der Waals surface area contributed by atoms with Gasteiger partial charge in [0.05, 0.1) is 24.4 Å². The van der Waals surface area contributed by atoms with Crippen LogP contribution in [0.5, 0.6) is 0 Å². The average Bonchev–Trinajstić information content (AvgIpc) is 3.71. The minimum Gasteiger partial charge on any atom is -0.481 e. The molecule has 8 rings (SSSR count). The summed E-state index contributed by atoms with van der Waals surface area (Å²) in [5, 5.41) is 76.5. The highest BCUT2D eigenvalue weighted by atomic mass is 16.4. The number of aliphatic hydroxyl groups excluding tert-OH is 4. The summed E-state index contributed by atoms with van der Waals surface area (Å²) in [7, 11) is 0. The smallest absolute Gasteiger partial charge is 0.303 e. The van der Waals surface area contributed by atoms with Crippen molar-refractivity contribution < 1.29 is 40.2 Å². The van der Waals surface area contributed by atoms with Crippen LogP contribution in [0.15, 0.2) is 10.2 Å². The minimum atomic E-state index is -0.769. The fourth-order valence-corrected chi connectivity index (χ4v) is 17.2. The standard InChI is InChI=1S/C48H76N2O8/c1-25(7-13-41(55)56)31-9-12-34-44-35(46(4)18-16-30(52)20-28(46)22-38(44)53)23-39(47(31,34)5)50-49-37-21-27-19-29(51)15-17-45(27,3)36-24-40(54)48(6)32(10-11-33(48)43(36)37)26(2)8-14-42(57)58/h25-36,38,40,43-44,51-54H,7-24H2,1-6H3,(H,55,56)(H,57,58)/b49-37+,50-39+/t25-,26-,27+,28+,29-,30-,31-,32-,33+,34+,35+,36+,38-,40+,43+,44+,45+,46+,47-,48-/m1/s1. The Balaban J connectivity index is 1.22. The van der Waals surface area contributed by atoms with Crippen molar-refractivity contribution in [2.24, 2.45) is 103 Å². The second-order valence-corrected chi connectivity index (χ2v) is 22.7. The molecule has 0 aromatic heterocycles. The molecule has 6 N–H and O–H groups in total. The molecule has 8 saturated carbocycles. The van der Waals surface area contributed by atoms with Crippen molar-refractivity contribution in [1.82, 2.24) is 0 Å². The lowest BCUT2D eigenvalue weighted by Crippen LogP contribution is -2.61. The Morgan fingerprint density at radius 3 is 1.86 bits per heavy atom. The highest BCUT2D eigenvalue weighted by Crippen LogP contribution is 2.70. The lowest BCUT2D eigenvalue weighted by molar-refractivity contribution is -0.150. The number of hydrogen-bond donors (Lipinski definition) is 6. The quantitative estimate of drug-likeness (QED) is 0.127. The molecular formula is C48H76N2O8. The van der Waals surface area contributed by atoms with Crippen LogP contribution in [0.1, 0.15) is 157 Å². The molecule has 58 heavy (non-hydrogen) atoms. The molecule has 0 spiro atoms. The number of hydrogen-bond acceptors (Lipinski definition) is 8. The van der Waals surface area contributed by atoms with Crippen LogP contribution in [0, 0.1) is 92.7 Å². The third-order valence-corrected chi connectivity index (χ3v) is 20.6. The van der Waals surface area contributed by atoms with Crippen molar-refractivity contribution >= 4 is 23.4 Å². The molecule has 0 unspecified atom stereocenters. The summed E-state index contributed by atoms with van der Waals surface area (Å²) in [4.78, 5) is 23.4. The summed E-state index contributed by atoms with van der Waals surface area (Å²) < 4.78 is 0. The van der Waals surface area contributed by atoms with Gasteiger partial charge in [0.15, 0.2) is 0 Å². The number of aliphatic carboxylic acids is 2. The zero-order valence-electron chi connectivity index (χ0n) is 36.4. The summed E-state index contributed by atoms with van der Waals surface area (Å²) in [6.07, 6.45) is 11.7. The van der Waals surface area contributed by atoms with Gasteiger partial charge < -0.3 is 30.6 Å². The van der Waals surface area contributed by atoms with E-state index in [9.17, 15) is 40.2 Å². The van der Waals surface area contributed by atoms with Gasteiger partial charge in [-0.15, -0.1) is 0 Å². The molecular weight excluding hydrogens is 733 g/mol. The number of fused-ring (bicyclic) bond motifs is 10. The fourth-order valence-electron chi connectivity index (χ4n) is 17.2. The molecule has 20 atom stereocenters. The summed E-state index contributed by atoms with van der Waals surface area (Å²) in [5.41, 5.74) is 1.52. The van der Waals surface area contributed by atoms with Crippen LogP contribution in [0.3, 0.4) is 0 Å². The third kappa shape index (κ3) is 6.69. The van der Waals surface area contributed by atoms with E-state index in [2.05, 4.69) is 41.5 Å². The molecule has 0 saturated heterocycles. The van der Waals surface area contributed by atoms with Crippen LogP contribution in [0.2, 0.25) is 0 Å². The second kappa shape index (κ2) is 15.5. The van der Waals surface area contributed by atoms with E-state index in [1.807, 2.05) is 0 Å².